The van der Waals surface area contributed by atoms with E-state index in [-0.39, 0.29) is 11.3 Å². The zero-order valence-corrected chi connectivity index (χ0v) is 15.2. The zero-order chi connectivity index (χ0) is 17.8. The van der Waals surface area contributed by atoms with E-state index < -0.39 is 18.5 Å². The quantitative estimate of drug-likeness (QED) is 0.470. The van der Waals surface area contributed by atoms with Gasteiger partial charge in [-0.15, -0.1) is 0 Å². The summed E-state index contributed by atoms with van der Waals surface area (Å²) in [6.07, 6.45) is 0. The van der Waals surface area contributed by atoms with Gasteiger partial charge in [0.2, 0.25) is 0 Å². The number of carbonyl (C=O) groups is 2. The SMILES string of the molecule is O=C(COC(=O)c1cc2ccccc2cc1O)Nc1ccccc1I. The monoisotopic (exact) mass is 447 g/mol. The maximum atomic E-state index is 12.2. The molecule has 2 N–H and O–H groups in total. The van der Waals surface area contributed by atoms with Crippen LogP contribution in [0, 0.1) is 3.57 Å². The van der Waals surface area contributed by atoms with Gasteiger partial charge in [-0.1, -0.05) is 36.4 Å². The van der Waals surface area contributed by atoms with Crippen LogP contribution in [0.15, 0.2) is 60.7 Å². The molecule has 0 heterocycles. The molecule has 5 nitrogen and oxygen atoms in total. The van der Waals surface area contributed by atoms with Crippen LogP contribution in [0.25, 0.3) is 10.8 Å². The first-order valence-corrected chi connectivity index (χ1v) is 8.56. The highest BCUT2D eigenvalue weighted by Crippen LogP contribution is 2.25. The maximum absolute atomic E-state index is 12.2. The lowest BCUT2D eigenvalue weighted by Gasteiger charge is -2.09. The van der Waals surface area contributed by atoms with Crippen LogP contribution >= 0.6 is 22.6 Å². The number of ether oxygens (including phenoxy) is 1. The third-order valence-electron chi connectivity index (χ3n) is 3.57. The molecule has 0 radical (unpaired) electrons. The second-order valence-electron chi connectivity index (χ2n) is 5.32. The second kappa shape index (κ2) is 7.52. The van der Waals surface area contributed by atoms with Gasteiger partial charge in [-0.3, -0.25) is 4.79 Å². The minimum Gasteiger partial charge on any atom is -0.507 e. The molecule has 0 spiro atoms. The highest BCUT2D eigenvalue weighted by molar-refractivity contribution is 14.1. The van der Waals surface area contributed by atoms with Gasteiger partial charge in [-0.2, -0.15) is 0 Å². The summed E-state index contributed by atoms with van der Waals surface area (Å²) in [6, 6.07) is 17.7. The molecule has 25 heavy (non-hydrogen) atoms. The van der Waals surface area contributed by atoms with Gasteiger partial charge in [0, 0.05) is 3.57 Å². The highest BCUT2D eigenvalue weighted by Gasteiger charge is 2.16. The third kappa shape index (κ3) is 4.08. The van der Waals surface area contributed by atoms with Crippen molar-refractivity contribution < 1.29 is 19.4 Å². The van der Waals surface area contributed by atoms with Gasteiger partial charge in [0.15, 0.2) is 6.61 Å². The lowest BCUT2D eigenvalue weighted by atomic mass is 10.1. The average Bonchev–Trinajstić information content (AvgIpc) is 2.61. The predicted molar refractivity (Wildman–Crippen MR) is 104 cm³/mol. The zero-order valence-electron chi connectivity index (χ0n) is 13.0. The molecule has 0 aliphatic heterocycles. The minimum absolute atomic E-state index is 0.0285. The van der Waals surface area contributed by atoms with Gasteiger partial charge < -0.3 is 15.2 Å². The van der Waals surface area contributed by atoms with E-state index >= 15 is 0 Å². The molecule has 3 aromatic rings. The Balaban J connectivity index is 1.67. The maximum Gasteiger partial charge on any atom is 0.342 e. The lowest BCUT2D eigenvalue weighted by Crippen LogP contribution is -2.21. The summed E-state index contributed by atoms with van der Waals surface area (Å²) in [5.41, 5.74) is 0.679. The summed E-state index contributed by atoms with van der Waals surface area (Å²) < 4.78 is 5.90. The van der Waals surface area contributed by atoms with E-state index in [4.69, 9.17) is 4.74 Å². The number of hydrogen-bond donors (Lipinski definition) is 2. The summed E-state index contributed by atoms with van der Waals surface area (Å²) in [5.74, 6) is -1.37. The molecule has 1 amide bonds. The van der Waals surface area contributed by atoms with Crippen LogP contribution in [0.1, 0.15) is 10.4 Å². The molecule has 0 unspecified atom stereocenters. The Labute approximate surface area is 157 Å². The molecule has 0 atom stereocenters. The van der Waals surface area contributed by atoms with Crippen LogP contribution in [-0.2, 0) is 9.53 Å². The number of phenolic OH excluding ortho intramolecular Hbond substituents is 1. The molecule has 6 heteroatoms. The number of para-hydroxylation sites is 1. The minimum atomic E-state index is -0.749. The highest BCUT2D eigenvalue weighted by atomic mass is 127. The average molecular weight is 447 g/mol. The van der Waals surface area contributed by atoms with E-state index in [9.17, 15) is 14.7 Å². The summed E-state index contributed by atoms with van der Waals surface area (Å²) >= 11 is 2.10. The van der Waals surface area contributed by atoms with Gasteiger partial charge in [0.25, 0.3) is 5.91 Å². The van der Waals surface area contributed by atoms with Crippen LogP contribution < -0.4 is 5.32 Å². The Morgan fingerprint density at radius 1 is 1.00 bits per heavy atom. The number of phenols is 1. The Bertz CT molecular complexity index is 955. The van der Waals surface area contributed by atoms with E-state index in [0.29, 0.717) is 5.69 Å². The molecule has 0 bridgehead atoms. The fourth-order valence-corrected chi connectivity index (χ4v) is 2.87. The number of anilines is 1. The number of rotatable bonds is 4. The van der Waals surface area contributed by atoms with Crippen molar-refractivity contribution >= 4 is 50.9 Å². The van der Waals surface area contributed by atoms with E-state index in [2.05, 4.69) is 27.9 Å². The molecule has 3 rings (SSSR count). The molecule has 0 saturated carbocycles. The normalized spacial score (nSPS) is 10.4. The van der Waals surface area contributed by atoms with Gasteiger partial charge in [0.05, 0.1) is 5.69 Å². The van der Waals surface area contributed by atoms with E-state index in [0.717, 1.165) is 14.3 Å². The van der Waals surface area contributed by atoms with Crippen molar-refractivity contribution in [1.82, 2.24) is 0 Å². The Morgan fingerprint density at radius 3 is 2.36 bits per heavy atom. The first-order chi connectivity index (χ1) is 12.0. The number of nitrogens with one attached hydrogen (secondary N) is 1. The van der Waals surface area contributed by atoms with Crippen LogP contribution in [0.4, 0.5) is 5.69 Å². The summed E-state index contributed by atoms with van der Waals surface area (Å²) in [5, 5.41) is 14.3. The van der Waals surface area contributed by atoms with Crippen LogP contribution in [-0.4, -0.2) is 23.6 Å². The fourth-order valence-electron chi connectivity index (χ4n) is 2.35. The molecule has 0 aliphatic rings. The van der Waals surface area contributed by atoms with Crippen molar-refractivity contribution in [2.75, 3.05) is 11.9 Å². The van der Waals surface area contributed by atoms with Gasteiger partial charge in [0.1, 0.15) is 11.3 Å². The van der Waals surface area contributed by atoms with Crippen molar-refractivity contribution in [2.24, 2.45) is 0 Å². The number of carbonyl (C=O) groups excluding carboxylic acids is 2. The molecular weight excluding hydrogens is 433 g/mol. The fraction of sp³-hybridized carbons (Fsp3) is 0.0526. The number of halogens is 1. The van der Waals surface area contributed by atoms with Crippen molar-refractivity contribution in [3.63, 3.8) is 0 Å². The number of hydrogen-bond acceptors (Lipinski definition) is 4. The predicted octanol–water partition coefficient (Wildman–Crippen LogP) is 3.95. The Kier molecular flexibility index (Phi) is 5.18. The number of esters is 1. The molecule has 126 valence electrons. The third-order valence-corrected chi connectivity index (χ3v) is 4.51. The first-order valence-electron chi connectivity index (χ1n) is 7.48. The van der Waals surface area contributed by atoms with Crippen molar-refractivity contribution in [3.05, 3.63) is 69.8 Å². The lowest BCUT2D eigenvalue weighted by molar-refractivity contribution is -0.119. The molecule has 0 saturated heterocycles. The number of amides is 1. The summed E-state index contributed by atoms with van der Waals surface area (Å²) in [4.78, 5) is 24.1. The molecule has 0 aliphatic carbocycles. The second-order valence-corrected chi connectivity index (χ2v) is 6.48. The first kappa shape index (κ1) is 17.2. The number of benzene rings is 3. The van der Waals surface area contributed by atoms with E-state index in [1.807, 2.05) is 36.4 Å². The van der Waals surface area contributed by atoms with Crippen molar-refractivity contribution in [2.45, 2.75) is 0 Å². The van der Waals surface area contributed by atoms with Crippen LogP contribution in [0.3, 0.4) is 0 Å². The summed E-state index contributed by atoms with van der Waals surface area (Å²) in [7, 11) is 0. The number of fused-ring (bicyclic) bond motifs is 1. The van der Waals surface area contributed by atoms with Crippen LogP contribution in [0.5, 0.6) is 5.75 Å². The molecule has 0 fully saturated rings. The van der Waals surface area contributed by atoms with Crippen molar-refractivity contribution in [1.29, 1.82) is 0 Å². The van der Waals surface area contributed by atoms with Crippen LogP contribution in [0.2, 0.25) is 0 Å². The van der Waals surface area contributed by atoms with Gasteiger partial charge in [-0.25, -0.2) is 4.79 Å². The number of aromatic hydroxyl groups is 1. The Morgan fingerprint density at radius 2 is 1.64 bits per heavy atom. The van der Waals surface area contributed by atoms with Gasteiger partial charge in [-0.05, 0) is 57.6 Å². The van der Waals surface area contributed by atoms with Gasteiger partial charge >= 0.3 is 5.97 Å². The summed E-state index contributed by atoms with van der Waals surface area (Å²) in [6.45, 7) is -0.434. The smallest absolute Gasteiger partial charge is 0.342 e. The Hall–Kier alpha value is -2.61. The molecular formula is C19H14INO4. The van der Waals surface area contributed by atoms with Crippen molar-refractivity contribution in [3.8, 4) is 5.75 Å². The standard InChI is InChI=1S/C19H14INO4/c20-15-7-3-4-8-16(15)21-18(23)11-25-19(24)14-9-12-5-1-2-6-13(12)10-17(14)22/h1-10,22H,11H2,(H,21,23). The topological polar surface area (TPSA) is 75.6 Å². The van der Waals surface area contributed by atoms with E-state index in [1.54, 1.807) is 18.2 Å². The molecule has 0 aromatic heterocycles. The van der Waals surface area contributed by atoms with E-state index in [1.165, 1.54) is 6.07 Å². The molecule has 3 aromatic carbocycles. The largest absolute Gasteiger partial charge is 0.507 e.